The first-order valence-corrected chi connectivity index (χ1v) is 8.40. The summed E-state index contributed by atoms with van der Waals surface area (Å²) in [5.41, 5.74) is 5.67. The van der Waals surface area contributed by atoms with Gasteiger partial charge in [-0.2, -0.15) is 0 Å². The van der Waals surface area contributed by atoms with Gasteiger partial charge in [-0.3, -0.25) is 0 Å². The van der Waals surface area contributed by atoms with Gasteiger partial charge in [-0.25, -0.2) is 0 Å². The van der Waals surface area contributed by atoms with E-state index >= 15 is 0 Å². The number of aliphatic hydroxyl groups is 1. The fraction of sp³-hybridized carbons (Fsp3) is 1.00. The van der Waals surface area contributed by atoms with Crippen LogP contribution in [0, 0.1) is 10.8 Å². The molecule has 0 aromatic carbocycles. The van der Waals surface area contributed by atoms with E-state index in [9.17, 15) is 5.11 Å². The number of hydrogen-bond donors (Lipinski definition) is 2. The largest absolute Gasteiger partial charge is 0.389 e. The minimum atomic E-state index is -0.551. The molecule has 2 heteroatoms. The van der Waals surface area contributed by atoms with Gasteiger partial charge in [0.05, 0.1) is 5.60 Å². The highest BCUT2D eigenvalue weighted by atomic mass is 16.3. The smallest absolute Gasteiger partial charge is 0.0766 e. The van der Waals surface area contributed by atoms with E-state index in [1.807, 2.05) is 0 Å². The third-order valence-electron chi connectivity index (χ3n) is 6.29. The third kappa shape index (κ3) is 2.58. The van der Waals surface area contributed by atoms with Gasteiger partial charge in [-0.1, -0.05) is 58.8 Å². The molecule has 19 heavy (non-hydrogen) atoms. The van der Waals surface area contributed by atoms with E-state index in [-0.39, 0.29) is 10.8 Å². The number of hydrogen-bond acceptors (Lipinski definition) is 2. The van der Waals surface area contributed by atoms with E-state index in [0.717, 1.165) is 25.7 Å². The maximum atomic E-state index is 11.6. The zero-order valence-corrected chi connectivity index (χ0v) is 13.0. The molecule has 0 aromatic heterocycles. The molecule has 112 valence electrons. The fourth-order valence-electron chi connectivity index (χ4n) is 4.84. The van der Waals surface area contributed by atoms with Gasteiger partial charge in [0.15, 0.2) is 0 Å². The quantitative estimate of drug-likeness (QED) is 0.794. The fourth-order valence-corrected chi connectivity index (χ4v) is 4.84. The molecule has 2 saturated carbocycles. The highest BCUT2D eigenvalue weighted by Gasteiger charge is 2.57. The first kappa shape index (κ1) is 15.3. The molecule has 0 saturated heterocycles. The summed E-state index contributed by atoms with van der Waals surface area (Å²) in [7, 11) is 0. The van der Waals surface area contributed by atoms with Crippen LogP contribution >= 0.6 is 0 Å². The molecule has 0 bridgehead atoms. The van der Waals surface area contributed by atoms with Crippen molar-refractivity contribution in [1.82, 2.24) is 0 Å². The van der Waals surface area contributed by atoms with Crippen LogP contribution in [-0.4, -0.2) is 17.3 Å². The van der Waals surface area contributed by atoms with Crippen molar-refractivity contribution < 1.29 is 5.11 Å². The maximum absolute atomic E-state index is 11.6. The lowest BCUT2D eigenvalue weighted by molar-refractivity contribution is -0.189. The Labute approximate surface area is 119 Å². The van der Waals surface area contributed by atoms with Crippen molar-refractivity contribution in [2.75, 3.05) is 6.54 Å². The van der Waals surface area contributed by atoms with Crippen LogP contribution in [0.15, 0.2) is 0 Å². The average molecular weight is 267 g/mol. The van der Waals surface area contributed by atoms with Crippen molar-refractivity contribution in [1.29, 1.82) is 0 Å². The second-order valence-electron chi connectivity index (χ2n) is 7.70. The third-order valence-corrected chi connectivity index (χ3v) is 6.29. The molecule has 0 aromatic rings. The molecule has 2 rings (SSSR count). The van der Waals surface area contributed by atoms with Crippen molar-refractivity contribution in [3.05, 3.63) is 0 Å². The van der Waals surface area contributed by atoms with Crippen LogP contribution in [0.25, 0.3) is 0 Å². The van der Waals surface area contributed by atoms with E-state index in [4.69, 9.17) is 5.73 Å². The summed E-state index contributed by atoms with van der Waals surface area (Å²) < 4.78 is 0. The Bertz CT molecular complexity index is 292. The predicted molar refractivity (Wildman–Crippen MR) is 81.0 cm³/mol. The van der Waals surface area contributed by atoms with E-state index in [2.05, 4.69) is 13.8 Å². The molecule has 1 unspecified atom stereocenters. The normalized spacial score (nSPS) is 35.4. The van der Waals surface area contributed by atoms with Gasteiger partial charge in [0.25, 0.3) is 0 Å². The van der Waals surface area contributed by atoms with Gasteiger partial charge in [0.2, 0.25) is 0 Å². The lowest BCUT2D eigenvalue weighted by atomic mass is 9.51. The first-order valence-electron chi connectivity index (χ1n) is 8.40. The van der Waals surface area contributed by atoms with Gasteiger partial charge >= 0.3 is 0 Å². The van der Waals surface area contributed by atoms with Crippen molar-refractivity contribution in [2.24, 2.45) is 16.6 Å². The molecule has 0 amide bonds. The van der Waals surface area contributed by atoms with Crippen molar-refractivity contribution in [3.63, 3.8) is 0 Å². The summed E-state index contributed by atoms with van der Waals surface area (Å²) >= 11 is 0. The summed E-state index contributed by atoms with van der Waals surface area (Å²) in [5, 5.41) is 11.6. The van der Waals surface area contributed by atoms with Crippen LogP contribution in [0.5, 0.6) is 0 Å². The summed E-state index contributed by atoms with van der Waals surface area (Å²) in [6.07, 6.45) is 13.3. The van der Waals surface area contributed by atoms with Gasteiger partial charge < -0.3 is 10.8 Å². The van der Waals surface area contributed by atoms with Crippen LogP contribution in [0.1, 0.15) is 84.5 Å². The molecule has 2 aliphatic rings. The highest BCUT2D eigenvalue weighted by Crippen LogP contribution is 2.56. The first-order chi connectivity index (χ1) is 8.97. The maximum Gasteiger partial charge on any atom is 0.0766 e. The number of nitrogens with two attached hydrogens (primary N) is 1. The monoisotopic (exact) mass is 267 g/mol. The van der Waals surface area contributed by atoms with E-state index in [1.54, 1.807) is 0 Å². The van der Waals surface area contributed by atoms with Crippen LogP contribution in [0.3, 0.4) is 0 Å². The van der Waals surface area contributed by atoms with Crippen molar-refractivity contribution in [3.8, 4) is 0 Å². The Hall–Kier alpha value is -0.0800. The summed E-state index contributed by atoms with van der Waals surface area (Å²) in [5.74, 6) is 0. The molecule has 0 spiro atoms. The molecule has 1 atom stereocenters. The standard InChI is InChI=1S/C17H33NO/c1-15(2)10-8-9-13-17(15,19)16(14-18)11-6-4-3-5-7-12-16/h19H,3-14,18H2,1-2H3. The second kappa shape index (κ2) is 5.73. The Balaban J connectivity index is 2.30. The van der Waals surface area contributed by atoms with Crippen molar-refractivity contribution >= 4 is 0 Å². The van der Waals surface area contributed by atoms with Crippen LogP contribution in [0.2, 0.25) is 0 Å². The van der Waals surface area contributed by atoms with Gasteiger partial charge in [-0.15, -0.1) is 0 Å². The Morgan fingerprint density at radius 2 is 1.26 bits per heavy atom. The lowest BCUT2D eigenvalue weighted by Crippen LogP contribution is -2.62. The second-order valence-corrected chi connectivity index (χ2v) is 7.70. The summed E-state index contributed by atoms with van der Waals surface area (Å²) in [6.45, 7) is 5.19. The Kier molecular flexibility index (Phi) is 4.62. The summed E-state index contributed by atoms with van der Waals surface area (Å²) in [6, 6.07) is 0. The zero-order valence-electron chi connectivity index (χ0n) is 13.0. The molecule has 0 heterocycles. The topological polar surface area (TPSA) is 46.2 Å². The molecule has 3 N–H and O–H groups in total. The molecular formula is C17H33NO. The minimum Gasteiger partial charge on any atom is -0.389 e. The highest BCUT2D eigenvalue weighted by molar-refractivity contribution is 5.09. The van der Waals surface area contributed by atoms with E-state index in [0.29, 0.717) is 6.54 Å². The number of rotatable bonds is 2. The van der Waals surface area contributed by atoms with Gasteiger partial charge in [0, 0.05) is 12.0 Å². The van der Waals surface area contributed by atoms with Crippen molar-refractivity contribution in [2.45, 2.75) is 90.1 Å². The lowest BCUT2D eigenvalue weighted by Gasteiger charge is -2.58. The van der Waals surface area contributed by atoms with Gasteiger partial charge in [-0.05, 0) is 31.1 Å². The molecular weight excluding hydrogens is 234 g/mol. The van der Waals surface area contributed by atoms with E-state index < -0.39 is 5.60 Å². The van der Waals surface area contributed by atoms with Crippen LogP contribution < -0.4 is 5.73 Å². The molecule has 2 nitrogen and oxygen atoms in total. The van der Waals surface area contributed by atoms with E-state index in [1.165, 1.54) is 44.9 Å². The van der Waals surface area contributed by atoms with Crippen LogP contribution in [0.4, 0.5) is 0 Å². The SMILES string of the molecule is CC1(C)CCCCC1(O)C1(CN)CCCCCCC1. The molecule has 0 radical (unpaired) electrons. The molecule has 2 aliphatic carbocycles. The summed E-state index contributed by atoms with van der Waals surface area (Å²) in [4.78, 5) is 0. The van der Waals surface area contributed by atoms with Crippen LogP contribution in [-0.2, 0) is 0 Å². The minimum absolute atomic E-state index is 0.0177. The predicted octanol–water partition coefficient (Wildman–Crippen LogP) is 4.01. The molecule has 2 fully saturated rings. The Morgan fingerprint density at radius 3 is 1.79 bits per heavy atom. The molecule has 0 aliphatic heterocycles. The zero-order chi connectivity index (χ0) is 14.0. The average Bonchev–Trinajstić information content (AvgIpc) is 2.33. The van der Waals surface area contributed by atoms with Gasteiger partial charge in [0.1, 0.15) is 0 Å². The Morgan fingerprint density at radius 1 is 0.789 bits per heavy atom.